The van der Waals surface area contributed by atoms with Gasteiger partial charge in [0.05, 0.1) is 4.88 Å². The maximum Gasteiger partial charge on any atom is 0.281 e. The van der Waals surface area contributed by atoms with Crippen LogP contribution in [0.25, 0.3) is 0 Å². The van der Waals surface area contributed by atoms with Crippen molar-refractivity contribution < 1.29 is 4.79 Å². The lowest BCUT2D eigenvalue weighted by Gasteiger charge is -2.09. The smallest absolute Gasteiger partial charge is 0.266 e. The van der Waals surface area contributed by atoms with Gasteiger partial charge in [-0.1, -0.05) is 51.0 Å². The van der Waals surface area contributed by atoms with E-state index in [0.29, 0.717) is 0 Å². The van der Waals surface area contributed by atoms with Crippen LogP contribution in [-0.4, -0.2) is 11.6 Å². The summed E-state index contributed by atoms with van der Waals surface area (Å²) in [7, 11) is 0. The van der Waals surface area contributed by atoms with Gasteiger partial charge in [-0.15, -0.1) is 11.3 Å². The number of rotatable bonds is 2. The lowest BCUT2D eigenvalue weighted by Crippen LogP contribution is -2.18. The summed E-state index contributed by atoms with van der Waals surface area (Å²) in [6.45, 7) is 0. The second-order valence-electron chi connectivity index (χ2n) is 5.78. The van der Waals surface area contributed by atoms with Crippen LogP contribution in [0.4, 0.5) is 0 Å². The minimum Gasteiger partial charge on any atom is -0.266 e. The number of hydrogen-bond donors (Lipinski definition) is 1. The van der Waals surface area contributed by atoms with E-state index in [1.165, 1.54) is 74.8 Å². The monoisotopic (exact) mass is 306 g/mol. The first-order chi connectivity index (χ1) is 10.4. The predicted octanol–water partition coefficient (Wildman–Crippen LogP) is 5.14. The van der Waals surface area contributed by atoms with Gasteiger partial charge in [0, 0.05) is 5.71 Å². The molecule has 0 bridgehead atoms. The molecule has 1 saturated carbocycles. The van der Waals surface area contributed by atoms with Crippen LogP contribution in [0.3, 0.4) is 0 Å². The Morgan fingerprint density at radius 1 is 0.952 bits per heavy atom. The molecule has 3 nitrogen and oxygen atoms in total. The highest BCUT2D eigenvalue weighted by molar-refractivity contribution is 7.12. The molecular weight excluding hydrogens is 280 g/mol. The van der Waals surface area contributed by atoms with E-state index in [2.05, 4.69) is 10.5 Å². The van der Waals surface area contributed by atoms with Crippen LogP contribution in [-0.2, 0) is 0 Å². The fourth-order valence-electron chi connectivity index (χ4n) is 2.73. The number of nitrogens with zero attached hydrogens (tertiary/aromatic N) is 1. The summed E-state index contributed by atoms with van der Waals surface area (Å²) in [6, 6.07) is 3.73. The maximum atomic E-state index is 11.9. The van der Waals surface area contributed by atoms with Crippen molar-refractivity contribution >= 4 is 23.0 Å². The van der Waals surface area contributed by atoms with Crippen LogP contribution < -0.4 is 5.43 Å². The summed E-state index contributed by atoms with van der Waals surface area (Å²) in [6.07, 6.45) is 13.9. The van der Waals surface area contributed by atoms with Gasteiger partial charge >= 0.3 is 0 Å². The third-order valence-electron chi connectivity index (χ3n) is 3.99. The molecule has 1 aliphatic carbocycles. The molecule has 21 heavy (non-hydrogen) atoms. The zero-order chi connectivity index (χ0) is 14.8. The van der Waals surface area contributed by atoms with E-state index in [1.54, 1.807) is 0 Å². The number of hydrazone groups is 1. The summed E-state index contributed by atoms with van der Waals surface area (Å²) in [5.74, 6) is -0.0800. The molecule has 1 aromatic heterocycles. The summed E-state index contributed by atoms with van der Waals surface area (Å²) in [5, 5.41) is 6.31. The van der Waals surface area contributed by atoms with Crippen LogP contribution in [0.1, 0.15) is 80.3 Å². The zero-order valence-corrected chi connectivity index (χ0v) is 13.6. The predicted molar refractivity (Wildman–Crippen MR) is 90.0 cm³/mol. The first-order valence-corrected chi connectivity index (χ1v) is 9.13. The van der Waals surface area contributed by atoms with Crippen molar-refractivity contribution in [1.29, 1.82) is 0 Å². The van der Waals surface area contributed by atoms with Crippen LogP contribution in [0, 0.1) is 0 Å². The molecule has 0 aliphatic heterocycles. The van der Waals surface area contributed by atoms with Gasteiger partial charge in [0.1, 0.15) is 0 Å². The average Bonchev–Trinajstić information content (AvgIpc) is 3.01. The van der Waals surface area contributed by atoms with E-state index < -0.39 is 0 Å². The summed E-state index contributed by atoms with van der Waals surface area (Å²) in [4.78, 5) is 12.6. The van der Waals surface area contributed by atoms with Crippen molar-refractivity contribution in [2.45, 2.75) is 70.6 Å². The molecular formula is C17H26N2OS. The number of amides is 1. The van der Waals surface area contributed by atoms with Crippen molar-refractivity contribution in [2.75, 3.05) is 0 Å². The van der Waals surface area contributed by atoms with Gasteiger partial charge in [-0.2, -0.15) is 5.10 Å². The number of thiophene rings is 1. The Hall–Kier alpha value is -1.16. The van der Waals surface area contributed by atoms with E-state index in [1.807, 2.05) is 17.5 Å². The minimum absolute atomic E-state index is 0.0800. The van der Waals surface area contributed by atoms with Gasteiger partial charge in [-0.3, -0.25) is 4.79 Å². The molecule has 4 heteroatoms. The molecule has 0 spiro atoms. The Bertz CT molecular complexity index is 426. The standard InChI is InChI=1S/C17H26N2OS/c20-17(16-13-10-14-21-16)19-18-15-11-8-6-4-2-1-3-5-7-9-12-15/h10,13-14H,1-9,11-12H2,(H,19,20). The first kappa shape index (κ1) is 16.2. The minimum atomic E-state index is -0.0800. The molecule has 0 aromatic carbocycles. The second-order valence-corrected chi connectivity index (χ2v) is 6.73. The molecule has 0 unspecified atom stereocenters. The topological polar surface area (TPSA) is 41.5 Å². The van der Waals surface area contributed by atoms with Gasteiger partial charge in [0.2, 0.25) is 0 Å². The Balaban J connectivity index is 1.84. The number of carbonyl (C=O) groups is 1. The van der Waals surface area contributed by atoms with Gasteiger partial charge in [-0.25, -0.2) is 5.43 Å². The highest BCUT2D eigenvalue weighted by Gasteiger charge is 2.07. The highest BCUT2D eigenvalue weighted by Crippen LogP contribution is 2.15. The lowest BCUT2D eigenvalue weighted by atomic mass is 10.00. The summed E-state index contributed by atoms with van der Waals surface area (Å²) in [5.41, 5.74) is 3.89. The molecule has 1 heterocycles. The molecule has 1 aliphatic rings. The fraction of sp³-hybridized carbons (Fsp3) is 0.647. The van der Waals surface area contributed by atoms with E-state index in [0.717, 1.165) is 17.7 Å². The zero-order valence-electron chi connectivity index (χ0n) is 12.8. The molecule has 116 valence electrons. The van der Waals surface area contributed by atoms with Crippen LogP contribution in [0.5, 0.6) is 0 Å². The van der Waals surface area contributed by atoms with E-state index in [9.17, 15) is 4.79 Å². The SMILES string of the molecule is O=C(NN=C1CCCCCCCCCCC1)c1cccs1. The average molecular weight is 306 g/mol. The molecule has 1 amide bonds. The third kappa shape index (κ3) is 6.42. The van der Waals surface area contributed by atoms with Crippen LogP contribution in [0.2, 0.25) is 0 Å². The number of hydrogen-bond acceptors (Lipinski definition) is 3. The van der Waals surface area contributed by atoms with E-state index >= 15 is 0 Å². The largest absolute Gasteiger partial charge is 0.281 e. The highest BCUT2D eigenvalue weighted by atomic mass is 32.1. The number of nitrogens with one attached hydrogen (secondary N) is 1. The summed E-state index contributed by atoms with van der Waals surface area (Å²) < 4.78 is 0. The molecule has 0 atom stereocenters. The van der Waals surface area contributed by atoms with Crippen molar-refractivity contribution in [3.8, 4) is 0 Å². The van der Waals surface area contributed by atoms with Gasteiger partial charge in [0.25, 0.3) is 5.91 Å². The Morgan fingerprint density at radius 2 is 1.52 bits per heavy atom. The molecule has 1 aromatic rings. The molecule has 2 rings (SSSR count). The van der Waals surface area contributed by atoms with Gasteiger partial charge < -0.3 is 0 Å². The first-order valence-electron chi connectivity index (χ1n) is 8.25. The van der Waals surface area contributed by atoms with E-state index in [4.69, 9.17) is 0 Å². The van der Waals surface area contributed by atoms with Gasteiger partial charge in [-0.05, 0) is 37.1 Å². The third-order valence-corrected chi connectivity index (χ3v) is 4.86. The second kappa shape index (κ2) is 9.72. The molecule has 0 saturated heterocycles. The molecule has 0 radical (unpaired) electrons. The van der Waals surface area contributed by atoms with Crippen LogP contribution in [0.15, 0.2) is 22.6 Å². The maximum absolute atomic E-state index is 11.9. The Labute approximate surface area is 131 Å². The fourth-order valence-corrected chi connectivity index (χ4v) is 3.34. The van der Waals surface area contributed by atoms with Gasteiger partial charge in [0.15, 0.2) is 0 Å². The number of carbonyl (C=O) groups excluding carboxylic acids is 1. The molecule has 1 N–H and O–H groups in total. The van der Waals surface area contributed by atoms with Crippen molar-refractivity contribution in [3.05, 3.63) is 22.4 Å². The van der Waals surface area contributed by atoms with Crippen molar-refractivity contribution in [3.63, 3.8) is 0 Å². The lowest BCUT2D eigenvalue weighted by molar-refractivity contribution is 0.0958. The Morgan fingerprint density at radius 3 is 2.05 bits per heavy atom. The summed E-state index contributed by atoms with van der Waals surface area (Å²) >= 11 is 1.45. The Kier molecular flexibility index (Phi) is 7.50. The molecule has 1 fully saturated rings. The van der Waals surface area contributed by atoms with Crippen molar-refractivity contribution in [2.24, 2.45) is 5.10 Å². The quantitative estimate of drug-likeness (QED) is 0.755. The normalized spacial score (nSPS) is 18.4. The van der Waals surface area contributed by atoms with Crippen molar-refractivity contribution in [1.82, 2.24) is 5.43 Å². The van der Waals surface area contributed by atoms with Crippen LogP contribution >= 0.6 is 11.3 Å². The van der Waals surface area contributed by atoms with E-state index in [-0.39, 0.29) is 5.91 Å².